The van der Waals surface area contributed by atoms with Crippen molar-refractivity contribution in [2.75, 3.05) is 18.6 Å². The number of nitrogens with zero attached hydrogens (tertiary/aromatic N) is 1. The first kappa shape index (κ1) is 12.4. The molecule has 0 spiro atoms. The third-order valence-electron chi connectivity index (χ3n) is 2.87. The fourth-order valence-electron chi connectivity index (χ4n) is 1.83. The topological polar surface area (TPSA) is 58.6 Å². The maximum atomic E-state index is 11.7. The van der Waals surface area contributed by atoms with Crippen molar-refractivity contribution in [1.29, 1.82) is 0 Å². The number of carbonyl (C=O) groups excluding carboxylic acids is 2. The highest BCUT2D eigenvalue weighted by Gasteiger charge is 2.19. The van der Waals surface area contributed by atoms with Crippen molar-refractivity contribution in [3.05, 3.63) is 23.8 Å². The fraction of sp³-hybridized carbons (Fsp3) is 0.385. The molecule has 1 N–H and O–H groups in total. The van der Waals surface area contributed by atoms with Crippen LogP contribution >= 0.6 is 0 Å². The summed E-state index contributed by atoms with van der Waals surface area (Å²) in [6, 6.07) is 5.59. The molecule has 96 valence electrons. The van der Waals surface area contributed by atoms with E-state index in [2.05, 4.69) is 5.32 Å². The third kappa shape index (κ3) is 2.61. The Bertz CT molecular complexity index is 485. The van der Waals surface area contributed by atoms with Gasteiger partial charge in [0.15, 0.2) is 0 Å². The number of rotatable bonds is 2. The van der Waals surface area contributed by atoms with Crippen molar-refractivity contribution in [3.63, 3.8) is 0 Å². The molecule has 0 saturated carbocycles. The summed E-state index contributed by atoms with van der Waals surface area (Å²) >= 11 is 0. The molecule has 1 aromatic rings. The zero-order valence-electron chi connectivity index (χ0n) is 10.5. The van der Waals surface area contributed by atoms with Gasteiger partial charge in [0.2, 0.25) is 11.8 Å². The molecule has 18 heavy (non-hydrogen) atoms. The second kappa shape index (κ2) is 5.08. The van der Waals surface area contributed by atoms with Gasteiger partial charge in [0.05, 0.1) is 18.7 Å². The lowest BCUT2D eigenvalue weighted by molar-refractivity contribution is -0.119. The average molecular weight is 248 g/mol. The quantitative estimate of drug-likeness (QED) is 0.851. The summed E-state index contributed by atoms with van der Waals surface area (Å²) in [5, 5.41) is 2.73. The minimum absolute atomic E-state index is 0.0328. The van der Waals surface area contributed by atoms with E-state index >= 15 is 0 Å². The predicted molar refractivity (Wildman–Crippen MR) is 67.5 cm³/mol. The second-order valence-electron chi connectivity index (χ2n) is 4.26. The monoisotopic (exact) mass is 248 g/mol. The zero-order valence-corrected chi connectivity index (χ0v) is 10.5. The van der Waals surface area contributed by atoms with E-state index in [1.54, 1.807) is 11.9 Å². The Morgan fingerprint density at radius 1 is 1.50 bits per heavy atom. The molecule has 1 aliphatic heterocycles. The summed E-state index contributed by atoms with van der Waals surface area (Å²) in [5.74, 6) is 0.658. The van der Waals surface area contributed by atoms with Gasteiger partial charge in [0.25, 0.3) is 0 Å². The Morgan fingerprint density at radius 3 is 3.00 bits per heavy atom. The van der Waals surface area contributed by atoms with Crippen LogP contribution in [0.25, 0.3) is 0 Å². The third-order valence-corrected chi connectivity index (χ3v) is 2.87. The molecule has 0 saturated heterocycles. The molecule has 1 aliphatic rings. The SMILES string of the molecule is CC(=O)NCc1ccc2c(c1)N(C)C(=O)CCO2. The van der Waals surface area contributed by atoms with Crippen LogP contribution in [0.2, 0.25) is 0 Å². The highest BCUT2D eigenvalue weighted by atomic mass is 16.5. The van der Waals surface area contributed by atoms with Gasteiger partial charge in [-0.15, -0.1) is 0 Å². The van der Waals surface area contributed by atoms with Crippen molar-refractivity contribution in [1.82, 2.24) is 5.32 Å². The molecule has 0 aromatic heterocycles. The van der Waals surface area contributed by atoms with E-state index < -0.39 is 0 Å². The Hall–Kier alpha value is -2.04. The molecule has 0 unspecified atom stereocenters. The molecule has 0 fully saturated rings. The normalized spacial score (nSPS) is 14.6. The van der Waals surface area contributed by atoms with Crippen molar-refractivity contribution in [2.24, 2.45) is 0 Å². The summed E-state index contributed by atoms with van der Waals surface area (Å²) < 4.78 is 5.52. The van der Waals surface area contributed by atoms with E-state index in [-0.39, 0.29) is 11.8 Å². The van der Waals surface area contributed by atoms with Crippen molar-refractivity contribution >= 4 is 17.5 Å². The molecule has 1 aromatic carbocycles. The number of carbonyl (C=O) groups is 2. The lowest BCUT2D eigenvalue weighted by atomic mass is 10.1. The number of fused-ring (bicyclic) bond motifs is 1. The van der Waals surface area contributed by atoms with E-state index in [1.807, 2.05) is 18.2 Å². The Labute approximate surface area is 106 Å². The van der Waals surface area contributed by atoms with E-state index in [1.165, 1.54) is 6.92 Å². The van der Waals surface area contributed by atoms with Crippen LogP contribution in [0.3, 0.4) is 0 Å². The predicted octanol–water partition coefficient (Wildman–Crippen LogP) is 1.07. The van der Waals surface area contributed by atoms with Crippen molar-refractivity contribution in [3.8, 4) is 5.75 Å². The molecule has 0 radical (unpaired) electrons. The molecule has 5 heteroatoms. The first-order valence-corrected chi connectivity index (χ1v) is 5.84. The number of hydrogen-bond acceptors (Lipinski definition) is 3. The largest absolute Gasteiger partial charge is 0.491 e. The smallest absolute Gasteiger partial charge is 0.230 e. The molecule has 0 bridgehead atoms. The number of hydrogen-bond donors (Lipinski definition) is 1. The summed E-state index contributed by atoms with van der Waals surface area (Å²) in [6.45, 7) is 2.33. The van der Waals surface area contributed by atoms with Gasteiger partial charge in [0, 0.05) is 20.5 Å². The van der Waals surface area contributed by atoms with E-state index in [9.17, 15) is 9.59 Å². The number of anilines is 1. The lowest BCUT2D eigenvalue weighted by Gasteiger charge is -2.17. The van der Waals surface area contributed by atoms with Crippen LogP contribution in [0.15, 0.2) is 18.2 Å². The van der Waals surface area contributed by atoms with Gasteiger partial charge in [-0.1, -0.05) is 6.07 Å². The van der Waals surface area contributed by atoms with Gasteiger partial charge in [-0.25, -0.2) is 0 Å². The lowest BCUT2D eigenvalue weighted by Crippen LogP contribution is -2.25. The van der Waals surface area contributed by atoms with Crippen LogP contribution in [-0.2, 0) is 16.1 Å². The minimum Gasteiger partial charge on any atom is -0.491 e. The molecular weight excluding hydrogens is 232 g/mol. The molecule has 5 nitrogen and oxygen atoms in total. The average Bonchev–Trinajstić information content (AvgIpc) is 2.48. The van der Waals surface area contributed by atoms with Gasteiger partial charge < -0.3 is 15.0 Å². The van der Waals surface area contributed by atoms with Crippen molar-refractivity contribution in [2.45, 2.75) is 19.9 Å². The van der Waals surface area contributed by atoms with Crippen LogP contribution in [0.5, 0.6) is 5.75 Å². The van der Waals surface area contributed by atoms with Gasteiger partial charge in [-0.05, 0) is 17.7 Å². The van der Waals surface area contributed by atoms with Gasteiger partial charge in [-0.2, -0.15) is 0 Å². The summed E-state index contributed by atoms with van der Waals surface area (Å²) in [4.78, 5) is 24.2. The maximum absolute atomic E-state index is 11.7. The summed E-state index contributed by atoms with van der Waals surface area (Å²) in [7, 11) is 1.73. The standard InChI is InChI=1S/C13H16N2O3/c1-9(16)14-8-10-3-4-12-11(7-10)15(2)13(17)5-6-18-12/h3-4,7H,5-6,8H2,1-2H3,(H,14,16). The fourth-order valence-corrected chi connectivity index (χ4v) is 1.83. The van der Waals surface area contributed by atoms with E-state index in [0.29, 0.717) is 25.3 Å². The molecule has 2 rings (SSSR count). The highest BCUT2D eigenvalue weighted by Crippen LogP contribution is 2.31. The van der Waals surface area contributed by atoms with Gasteiger partial charge >= 0.3 is 0 Å². The Balaban J connectivity index is 2.26. The van der Waals surface area contributed by atoms with Crippen LogP contribution in [0.1, 0.15) is 18.9 Å². The van der Waals surface area contributed by atoms with Crippen LogP contribution in [0.4, 0.5) is 5.69 Å². The first-order chi connectivity index (χ1) is 8.58. The molecular formula is C13H16N2O3. The number of benzene rings is 1. The number of nitrogens with one attached hydrogen (secondary N) is 1. The van der Waals surface area contributed by atoms with Crippen LogP contribution in [-0.4, -0.2) is 25.5 Å². The number of ether oxygens (including phenoxy) is 1. The zero-order chi connectivity index (χ0) is 13.1. The Kier molecular flexibility index (Phi) is 3.50. The van der Waals surface area contributed by atoms with Crippen LogP contribution < -0.4 is 15.0 Å². The van der Waals surface area contributed by atoms with Gasteiger partial charge in [0.1, 0.15) is 5.75 Å². The first-order valence-electron chi connectivity index (χ1n) is 5.84. The molecule has 2 amide bonds. The van der Waals surface area contributed by atoms with E-state index in [4.69, 9.17) is 4.74 Å². The second-order valence-corrected chi connectivity index (χ2v) is 4.26. The highest BCUT2D eigenvalue weighted by molar-refractivity contribution is 5.95. The molecule has 0 aliphatic carbocycles. The van der Waals surface area contributed by atoms with Gasteiger partial charge in [-0.3, -0.25) is 9.59 Å². The van der Waals surface area contributed by atoms with Crippen LogP contribution in [0, 0.1) is 0 Å². The maximum Gasteiger partial charge on any atom is 0.230 e. The van der Waals surface area contributed by atoms with Crippen molar-refractivity contribution < 1.29 is 14.3 Å². The summed E-state index contributed by atoms with van der Waals surface area (Å²) in [6.07, 6.45) is 0.381. The molecule has 1 heterocycles. The minimum atomic E-state index is -0.0781. The molecule has 0 atom stereocenters. The summed E-state index contributed by atoms with van der Waals surface area (Å²) in [5.41, 5.74) is 1.69. The Morgan fingerprint density at radius 2 is 2.28 bits per heavy atom. The van der Waals surface area contributed by atoms with E-state index in [0.717, 1.165) is 11.3 Å². The number of amides is 2.